The lowest BCUT2D eigenvalue weighted by Gasteiger charge is -2.38. The van der Waals surface area contributed by atoms with Gasteiger partial charge in [0, 0.05) is 25.3 Å². The molecule has 1 aliphatic rings. The maximum absolute atomic E-state index is 12.7. The molecule has 1 saturated heterocycles. The lowest BCUT2D eigenvalue weighted by atomic mass is 10.0. The van der Waals surface area contributed by atoms with Crippen LogP contribution in [0.1, 0.15) is 41.4 Å². The van der Waals surface area contributed by atoms with Crippen molar-refractivity contribution in [1.29, 1.82) is 0 Å². The van der Waals surface area contributed by atoms with Crippen molar-refractivity contribution in [1.82, 2.24) is 25.3 Å². The number of ether oxygens (including phenoxy) is 1. The molecule has 2 aromatic rings. The highest BCUT2D eigenvalue weighted by molar-refractivity contribution is 5.95. The highest BCUT2D eigenvalue weighted by Crippen LogP contribution is 2.18. The molecule has 1 aliphatic heterocycles. The molecule has 1 fully saturated rings. The van der Waals surface area contributed by atoms with Crippen molar-refractivity contribution in [2.75, 3.05) is 39.8 Å². The van der Waals surface area contributed by atoms with Gasteiger partial charge in [0.15, 0.2) is 0 Å². The number of aromatic amines is 1. The molecule has 0 unspecified atom stereocenters. The molecule has 1 aromatic heterocycles. The Morgan fingerprint density at radius 1 is 1.27 bits per heavy atom. The number of nitrogens with zero attached hydrogens (tertiary/aromatic N) is 3. The summed E-state index contributed by atoms with van der Waals surface area (Å²) in [5.41, 5.74) is 2.55. The molecule has 162 valence electrons. The molecule has 2 amide bonds. The fraction of sp³-hybridized carbons (Fsp3) is 0.500. The van der Waals surface area contributed by atoms with E-state index >= 15 is 0 Å². The Morgan fingerprint density at radius 2 is 2.00 bits per heavy atom. The number of amides is 2. The number of aryl methyl sites for hydroxylation is 1. The number of likely N-dealkylation sites (N-methyl/N-ethyl adjacent to an activating group) is 1. The molecule has 30 heavy (non-hydrogen) atoms. The van der Waals surface area contributed by atoms with Crippen LogP contribution in [0.5, 0.6) is 5.75 Å². The Labute approximate surface area is 177 Å². The van der Waals surface area contributed by atoms with Crippen LogP contribution in [0.25, 0.3) is 0 Å². The van der Waals surface area contributed by atoms with Gasteiger partial charge in [0.05, 0.1) is 18.3 Å². The molecule has 0 bridgehead atoms. The maximum Gasteiger partial charge on any atom is 0.257 e. The lowest BCUT2D eigenvalue weighted by Crippen LogP contribution is -2.59. The number of hydrogen-bond donors (Lipinski definition) is 2. The molecule has 1 aromatic carbocycles. The summed E-state index contributed by atoms with van der Waals surface area (Å²) in [4.78, 5) is 29.1. The molecule has 3 rings (SSSR count). The van der Waals surface area contributed by atoms with E-state index in [4.69, 9.17) is 4.74 Å². The maximum atomic E-state index is 12.7. The fourth-order valence-corrected chi connectivity index (χ4v) is 3.49. The summed E-state index contributed by atoms with van der Waals surface area (Å²) in [6, 6.07) is 7.63. The zero-order valence-corrected chi connectivity index (χ0v) is 18.1. The number of carbonyl (C=O) groups excluding carboxylic acids is 2. The number of carbonyl (C=O) groups is 2. The van der Waals surface area contributed by atoms with Gasteiger partial charge >= 0.3 is 0 Å². The van der Waals surface area contributed by atoms with Crippen molar-refractivity contribution in [2.24, 2.45) is 0 Å². The van der Waals surface area contributed by atoms with E-state index in [1.165, 1.54) is 11.8 Å². The first-order valence-corrected chi connectivity index (χ1v) is 10.4. The molecular weight excluding hydrogens is 382 g/mol. The largest absolute Gasteiger partial charge is 0.492 e. The third kappa shape index (κ3) is 5.18. The second-order valence-electron chi connectivity index (χ2n) is 8.02. The number of piperazine rings is 1. The van der Waals surface area contributed by atoms with Gasteiger partial charge in [-0.1, -0.05) is 26.0 Å². The predicted octanol–water partition coefficient (Wildman–Crippen LogP) is 1.79. The molecule has 2 heterocycles. The monoisotopic (exact) mass is 413 g/mol. The van der Waals surface area contributed by atoms with Gasteiger partial charge in [-0.3, -0.25) is 19.6 Å². The molecule has 8 nitrogen and oxygen atoms in total. The van der Waals surface area contributed by atoms with Gasteiger partial charge in [-0.05, 0) is 37.6 Å². The number of hydrogen-bond acceptors (Lipinski definition) is 5. The van der Waals surface area contributed by atoms with E-state index in [-0.39, 0.29) is 17.9 Å². The Morgan fingerprint density at radius 3 is 2.63 bits per heavy atom. The normalized spacial score (nSPS) is 17.2. The van der Waals surface area contributed by atoms with Crippen molar-refractivity contribution in [3.8, 4) is 5.75 Å². The van der Waals surface area contributed by atoms with Crippen LogP contribution in [-0.4, -0.2) is 77.7 Å². The molecule has 0 spiro atoms. The molecular formula is C22H31N5O3. The minimum atomic E-state index is -0.389. The zero-order valence-electron chi connectivity index (χ0n) is 18.1. The van der Waals surface area contributed by atoms with Gasteiger partial charge in [0.1, 0.15) is 18.4 Å². The average molecular weight is 414 g/mol. The van der Waals surface area contributed by atoms with Crippen LogP contribution in [0.3, 0.4) is 0 Å². The van der Waals surface area contributed by atoms with Gasteiger partial charge in [0.25, 0.3) is 5.91 Å². The van der Waals surface area contributed by atoms with E-state index in [1.54, 1.807) is 4.90 Å². The van der Waals surface area contributed by atoms with E-state index < -0.39 is 0 Å². The van der Waals surface area contributed by atoms with Crippen molar-refractivity contribution >= 4 is 11.8 Å². The van der Waals surface area contributed by atoms with E-state index in [1.807, 2.05) is 31.0 Å². The number of rotatable bonds is 7. The van der Waals surface area contributed by atoms with Crippen LogP contribution < -0.4 is 10.1 Å². The second-order valence-corrected chi connectivity index (χ2v) is 8.02. The van der Waals surface area contributed by atoms with E-state index in [0.717, 1.165) is 11.4 Å². The van der Waals surface area contributed by atoms with Gasteiger partial charge in [-0.15, -0.1) is 0 Å². The Hall–Kier alpha value is -2.87. The molecule has 8 heteroatoms. The highest BCUT2D eigenvalue weighted by atomic mass is 16.5. The van der Waals surface area contributed by atoms with Crippen LogP contribution in [-0.2, 0) is 4.79 Å². The van der Waals surface area contributed by atoms with Gasteiger partial charge in [-0.25, -0.2) is 0 Å². The third-order valence-electron chi connectivity index (χ3n) is 5.51. The topological polar surface area (TPSA) is 90.6 Å². The Bertz CT molecular complexity index is 862. The first-order chi connectivity index (χ1) is 14.4. The van der Waals surface area contributed by atoms with Crippen molar-refractivity contribution in [3.63, 3.8) is 0 Å². The molecule has 1 atom stereocenters. The minimum Gasteiger partial charge on any atom is -0.492 e. The van der Waals surface area contributed by atoms with Crippen LogP contribution in [0.2, 0.25) is 0 Å². The highest BCUT2D eigenvalue weighted by Gasteiger charge is 2.33. The van der Waals surface area contributed by atoms with E-state index in [9.17, 15) is 9.59 Å². The quantitative estimate of drug-likeness (QED) is 0.676. The van der Waals surface area contributed by atoms with Crippen molar-refractivity contribution in [3.05, 3.63) is 47.3 Å². The predicted molar refractivity (Wildman–Crippen MR) is 115 cm³/mol. The summed E-state index contributed by atoms with van der Waals surface area (Å²) < 4.78 is 5.72. The number of nitrogens with one attached hydrogen (secondary N) is 2. The molecule has 0 saturated carbocycles. The summed E-state index contributed by atoms with van der Waals surface area (Å²) in [7, 11) is 1.90. The van der Waals surface area contributed by atoms with Crippen LogP contribution in [0.15, 0.2) is 30.5 Å². The first-order valence-electron chi connectivity index (χ1n) is 10.4. The van der Waals surface area contributed by atoms with Gasteiger partial charge in [0.2, 0.25) is 5.91 Å². The SMILES string of the molecule is Cc1[nH]ncc1C(=O)N1CCN(C)[C@@H](C(=O)NCCOc2ccc(C(C)C)cc2)C1. The molecule has 2 N–H and O–H groups in total. The van der Waals surface area contributed by atoms with Crippen molar-refractivity contribution in [2.45, 2.75) is 32.7 Å². The van der Waals surface area contributed by atoms with E-state index in [0.29, 0.717) is 44.3 Å². The lowest BCUT2D eigenvalue weighted by molar-refractivity contribution is -0.127. The Kier molecular flexibility index (Phi) is 7.10. The number of aromatic nitrogens is 2. The summed E-state index contributed by atoms with van der Waals surface area (Å²) in [6.07, 6.45) is 1.54. The molecule has 0 radical (unpaired) electrons. The summed E-state index contributed by atoms with van der Waals surface area (Å²) in [6.45, 7) is 8.49. The zero-order chi connectivity index (χ0) is 21.7. The Balaban J connectivity index is 1.47. The van der Waals surface area contributed by atoms with Gasteiger partial charge in [-0.2, -0.15) is 5.10 Å². The van der Waals surface area contributed by atoms with Crippen molar-refractivity contribution < 1.29 is 14.3 Å². The molecule has 0 aliphatic carbocycles. The fourth-order valence-electron chi connectivity index (χ4n) is 3.49. The number of H-pyrrole nitrogens is 1. The summed E-state index contributed by atoms with van der Waals surface area (Å²) in [5.74, 6) is 1.07. The van der Waals surface area contributed by atoms with Crippen LogP contribution >= 0.6 is 0 Å². The summed E-state index contributed by atoms with van der Waals surface area (Å²) in [5, 5.41) is 9.63. The smallest absolute Gasteiger partial charge is 0.257 e. The first kappa shape index (κ1) is 21.8. The summed E-state index contributed by atoms with van der Waals surface area (Å²) >= 11 is 0. The minimum absolute atomic E-state index is 0.0969. The van der Waals surface area contributed by atoms with Crippen LogP contribution in [0, 0.1) is 6.92 Å². The second kappa shape index (κ2) is 9.75. The van der Waals surface area contributed by atoms with E-state index in [2.05, 4.69) is 41.5 Å². The third-order valence-corrected chi connectivity index (χ3v) is 5.51. The standard InChI is InChI=1S/C22H31N5O3/c1-15(2)17-5-7-18(8-6-17)30-12-9-23-21(28)20-14-27(11-10-26(20)4)22(29)19-13-24-25-16(19)3/h5-8,13,15,20H,9-12,14H2,1-4H3,(H,23,28)(H,24,25)/t20-/m1/s1. The van der Waals surface area contributed by atoms with Crippen LogP contribution in [0.4, 0.5) is 0 Å². The number of benzene rings is 1. The average Bonchev–Trinajstić information content (AvgIpc) is 3.17. The van der Waals surface area contributed by atoms with Gasteiger partial charge < -0.3 is 15.0 Å².